The number of methoxy groups -OCH3 is 1. The van der Waals surface area contributed by atoms with Crippen LogP contribution in [0.15, 0.2) is 36.5 Å². The number of aromatic nitrogens is 2. The van der Waals surface area contributed by atoms with E-state index < -0.39 is 5.97 Å². The molecule has 2 aromatic rings. The van der Waals surface area contributed by atoms with Crippen molar-refractivity contribution < 1.29 is 19.4 Å². The molecular formula is C14H15N3O4. The summed E-state index contributed by atoms with van der Waals surface area (Å²) < 4.78 is 6.46. The maximum Gasteiger partial charge on any atom is 0.356 e. The summed E-state index contributed by atoms with van der Waals surface area (Å²) in [6.07, 6.45) is 1.73. The van der Waals surface area contributed by atoms with Crippen LogP contribution < -0.4 is 10.1 Å². The number of carbonyl (C=O) groups excluding carboxylic acids is 1. The monoisotopic (exact) mass is 289 g/mol. The molecule has 0 unspecified atom stereocenters. The summed E-state index contributed by atoms with van der Waals surface area (Å²) in [6, 6.07) is 8.38. The maximum absolute atomic E-state index is 11.8. The Morgan fingerprint density at radius 1 is 1.29 bits per heavy atom. The van der Waals surface area contributed by atoms with Gasteiger partial charge in [0.05, 0.1) is 7.11 Å². The summed E-state index contributed by atoms with van der Waals surface area (Å²) in [4.78, 5) is 22.5. The van der Waals surface area contributed by atoms with Crippen LogP contribution in [0.4, 0.5) is 5.69 Å². The third-order valence-electron chi connectivity index (χ3n) is 2.80. The Morgan fingerprint density at radius 2 is 2.00 bits per heavy atom. The van der Waals surface area contributed by atoms with E-state index in [1.165, 1.54) is 16.9 Å². The van der Waals surface area contributed by atoms with Gasteiger partial charge in [0.25, 0.3) is 0 Å². The average Bonchev–Trinajstić information content (AvgIpc) is 2.95. The largest absolute Gasteiger partial charge is 0.497 e. The molecule has 1 aromatic heterocycles. The lowest BCUT2D eigenvalue weighted by molar-refractivity contribution is -0.116. The van der Waals surface area contributed by atoms with E-state index in [-0.39, 0.29) is 18.0 Å². The van der Waals surface area contributed by atoms with Gasteiger partial charge >= 0.3 is 5.97 Å². The first-order chi connectivity index (χ1) is 10.1. The number of benzene rings is 1. The minimum absolute atomic E-state index is 0.0365. The van der Waals surface area contributed by atoms with Gasteiger partial charge in [-0.2, -0.15) is 5.10 Å². The number of nitrogens with one attached hydrogen (secondary N) is 1. The number of anilines is 1. The molecule has 1 heterocycles. The lowest BCUT2D eigenvalue weighted by Gasteiger charge is -2.06. The van der Waals surface area contributed by atoms with Crippen molar-refractivity contribution in [3.63, 3.8) is 0 Å². The molecule has 0 saturated carbocycles. The van der Waals surface area contributed by atoms with Crippen LogP contribution in [0.25, 0.3) is 0 Å². The number of carboxylic acids is 1. The van der Waals surface area contributed by atoms with Crippen molar-refractivity contribution in [3.05, 3.63) is 42.2 Å². The van der Waals surface area contributed by atoms with E-state index in [9.17, 15) is 9.59 Å². The van der Waals surface area contributed by atoms with E-state index in [0.717, 1.165) is 0 Å². The first-order valence-electron chi connectivity index (χ1n) is 6.29. The Labute approximate surface area is 121 Å². The van der Waals surface area contributed by atoms with Gasteiger partial charge in [-0.25, -0.2) is 4.79 Å². The Bertz CT molecular complexity index is 634. The second-order valence-corrected chi connectivity index (χ2v) is 4.30. The highest BCUT2D eigenvalue weighted by Gasteiger charge is 2.08. The smallest absolute Gasteiger partial charge is 0.356 e. The summed E-state index contributed by atoms with van der Waals surface area (Å²) in [5.74, 6) is -0.547. The molecular weight excluding hydrogens is 274 g/mol. The van der Waals surface area contributed by atoms with Crippen LogP contribution in [0, 0.1) is 0 Å². The maximum atomic E-state index is 11.8. The minimum atomic E-state index is -1.09. The standard InChI is InChI=1S/C14H15N3O4/c1-21-11-4-2-10(3-5-11)15-13(18)7-9-17-8-6-12(16-17)14(19)20/h2-6,8H,7,9H2,1H3,(H,15,18)(H,19,20). The van der Waals surface area contributed by atoms with Gasteiger partial charge in [-0.15, -0.1) is 0 Å². The second-order valence-electron chi connectivity index (χ2n) is 4.30. The van der Waals surface area contributed by atoms with Crippen LogP contribution in [0.1, 0.15) is 16.9 Å². The quantitative estimate of drug-likeness (QED) is 0.842. The summed E-state index contributed by atoms with van der Waals surface area (Å²) in [7, 11) is 1.57. The highest BCUT2D eigenvalue weighted by atomic mass is 16.5. The molecule has 2 N–H and O–H groups in total. The Morgan fingerprint density at radius 3 is 2.57 bits per heavy atom. The van der Waals surface area contributed by atoms with Crippen LogP contribution in [-0.2, 0) is 11.3 Å². The van der Waals surface area contributed by atoms with Gasteiger partial charge in [-0.05, 0) is 30.3 Å². The van der Waals surface area contributed by atoms with E-state index >= 15 is 0 Å². The number of rotatable bonds is 6. The predicted molar refractivity (Wildman–Crippen MR) is 75.4 cm³/mol. The molecule has 0 spiro atoms. The molecule has 0 aliphatic rings. The van der Waals surface area contributed by atoms with Gasteiger partial charge in [0.2, 0.25) is 5.91 Å². The lowest BCUT2D eigenvalue weighted by atomic mass is 10.3. The van der Waals surface area contributed by atoms with Gasteiger partial charge in [0.1, 0.15) is 5.75 Å². The predicted octanol–water partition coefficient (Wildman–Crippen LogP) is 1.62. The normalized spacial score (nSPS) is 10.1. The number of amides is 1. The average molecular weight is 289 g/mol. The van der Waals surface area contributed by atoms with Crippen molar-refractivity contribution >= 4 is 17.6 Å². The zero-order chi connectivity index (χ0) is 15.2. The summed E-state index contributed by atoms with van der Waals surface area (Å²) in [6.45, 7) is 0.315. The van der Waals surface area contributed by atoms with Crippen molar-refractivity contribution in [2.75, 3.05) is 12.4 Å². The molecule has 0 aliphatic carbocycles. The molecule has 110 valence electrons. The molecule has 2 rings (SSSR count). The Balaban J connectivity index is 1.84. The van der Waals surface area contributed by atoms with Gasteiger partial charge < -0.3 is 15.2 Å². The molecule has 1 aromatic carbocycles. The molecule has 0 bridgehead atoms. The first-order valence-corrected chi connectivity index (χ1v) is 6.29. The third-order valence-corrected chi connectivity index (χ3v) is 2.80. The number of hydrogen-bond acceptors (Lipinski definition) is 4. The third kappa shape index (κ3) is 4.07. The Kier molecular flexibility index (Phi) is 4.55. The fraction of sp³-hybridized carbons (Fsp3) is 0.214. The van der Waals surface area contributed by atoms with Gasteiger partial charge in [0, 0.05) is 24.8 Å². The second kappa shape index (κ2) is 6.56. The topological polar surface area (TPSA) is 93.5 Å². The number of ether oxygens (including phenoxy) is 1. The number of aromatic carboxylic acids is 1. The van der Waals surface area contributed by atoms with Crippen molar-refractivity contribution in [3.8, 4) is 5.75 Å². The van der Waals surface area contributed by atoms with Gasteiger partial charge in [-0.1, -0.05) is 0 Å². The Hall–Kier alpha value is -2.83. The van der Waals surface area contributed by atoms with Crippen molar-refractivity contribution in [1.82, 2.24) is 9.78 Å². The van der Waals surface area contributed by atoms with Gasteiger partial charge in [-0.3, -0.25) is 9.48 Å². The number of aryl methyl sites for hydroxylation is 1. The van der Waals surface area contributed by atoms with Crippen LogP contribution in [-0.4, -0.2) is 33.9 Å². The number of carbonyl (C=O) groups is 2. The SMILES string of the molecule is COc1ccc(NC(=O)CCn2ccc(C(=O)O)n2)cc1. The minimum Gasteiger partial charge on any atom is -0.497 e. The number of nitrogens with zero attached hydrogens (tertiary/aromatic N) is 2. The fourth-order valence-corrected chi connectivity index (χ4v) is 1.71. The van der Waals surface area contributed by atoms with Crippen molar-refractivity contribution in [2.24, 2.45) is 0 Å². The molecule has 1 amide bonds. The summed E-state index contributed by atoms with van der Waals surface area (Å²) in [5, 5.41) is 15.3. The fourth-order valence-electron chi connectivity index (χ4n) is 1.71. The van der Waals surface area contributed by atoms with Crippen LogP contribution in [0.2, 0.25) is 0 Å². The highest BCUT2D eigenvalue weighted by molar-refractivity contribution is 5.90. The highest BCUT2D eigenvalue weighted by Crippen LogP contribution is 2.15. The van der Waals surface area contributed by atoms with Crippen LogP contribution in [0.3, 0.4) is 0 Å². The van der Waals surface area contributed by atoms with Crippen LogP contribution in [0.5, 0.6) is 5.75 Å². The molecule has 0 atom stereocenters. The van der Waals surface area contributed by atoms with E-state index in [4.69, 9.17) is 9.84 Å². The molecule has 7 nitrogen and oxygen atoms in total. The summed E-state index contributed by atoms with van der Waals surface area (Å²) >= 11 is 0. The van der Waals surface area contributed by atoms with Crippen LogP contribution >= 0.6 is 0 Å². The zero-order valence-electron chi connectivity index (χ0n) is 11.4. The number of hydrogen-bond donors (Lipinski definition) is 2. The molecule has 7 heteroatoms. The zero-order valence-corrected chi connectivity index (χ0v) is 11.4. The van der Waals surface area contributed by atoms with Crippen molar-refractivity contribution in [2.45, 2.75) is 13.0 Å². The first kappa shape index (κ1) is 14.6. The van der Waals surface area contributed by atoms with E-state index in [1.54, 1.807) is 31.4 Å². The lowest BCUT2D eigenvalue weighted by Crippen LogP contribution is -2.15. The molecule has 21 heavy (non-hydrogen) atoms. The molecule has 0 aliphatic heterocycles. The van der Waals surface area contributed by atoms with Crippen molar-refractivity contribution in [1.29, 1.82) is 0 Å². The molecule has 0 radical (unpaired) electrons. The van der Waals surface area contributed by atoms with Gasteiger partial charge in [0.15, 0.2) is 5.69 Å². The molecule has 0 saturated heterocycles. The summed E-state index contributed by atoms with van der Waals surface area (Å²) in [5.41, 5.74) is 0.637. The number of carboxylic acid groups (broad SMARTS) is 1. The van der Waals surface area contributed by atoms with E-state index in [1.807, 2.05) is 0 Å². The van der Waals surface area contributed by atoms with E-state index in [2.05, 4.69) is 10.4 Å². The molecule has 0 fully saturated rings. The van der Waals surface area contributed by atoms with E-state index in [0.29, 0.717) is 18.0 Å².